The lowest BCUT2D eigenvalue weighted by Crippen LogP contribution is -2.32. The van der Waals surface area contributed by atoms with Crippen LogP contribution < -0.4 is 10.9 Å². The Labute approximate surface area is 152 Å². The summed E-state index contributed by atoms with van der Waals surface area (Å²) in [5.41, 5.74) is 3.28. The van der Waals surface area contributed by atoms with Gasteiger partial charge in [0.15, 0.2) is 0 Å². The van der Waals surface area contributed by atoms with Crippen LogP contribution >= 0.6 is 0 Å². The second-order valence-electron chi connectivity index (χ2n) is 6.56. The smallest absolute Gasteiger partial charge is 0.272 e. The molecule has 1 heterocycles. The summed E-state index contributed by atoms with van der Waals surface area (Å²) in [6.45, 7) is 6.17. The van der Waals surface area contributed by atoms with Gasteiger partial charge < -0.3 is 9.88 Å². The van der Waals surface area contributed by atoms with Gasteiger partial charge in [0, 0.05) is 11.6 Å². The maximum Gasteiger partial charge on any atom is 0.272 e. The largest absolute Gasteiger partial charge is 0.350 e. The summed E-state index contributed by atoms with van der Waals surface area (Å²) in [6, 6.07) is 15.2. The van der Waals surface area contributed by atoms with E-state index in [0.717, 1.165) is 17.5 Å². The van der Waals surface area contributed by atoms with E-state index in [1.54, 1.807) is 29.7 Å². The summed E-state index contributed by atoms with van der Waals surface area (Å²) < 4.78 is 1.71. The third kappa shape index (κ3) is 3.67. The number of rotatable bonds is 5. The molecule has 1 unspecified atom stereocenters. The van der Waals surface area contributed by atoms with Crippen LogP contribution in [0.5, 0.6) is 0 Å². The zero-order valence-corrected chi connectivity index (χ0v) is 15.3. The van der Waals surface area contributed by atoms with Crippen molar-refractivity contribution < 1.29 is 4.79 Å². The number of aromatic nitrogens is 2. The molecule has 5 heteroatoms. The highest BCUT2D eigenvalue weighted by atomic mass is 16.1. The number of amides is 1. The van der Waals surface area contributed by atoms with Crippen molar-refractivity contribution in [1.29, 1.82) is 0 Å². The fourth-order valence-corrected chi connectivity index (χ4v) is 2.85. The third-order valence-corrected chi connectivity index (χ3v) is 4.54. The van der Waals surface area contributed by atoms with Crippen molar-refractivity contribution in [2.45, 2.75) is 39.8 Å². The molecule has 2 aromatic carbocycles. The van der Waals surface area contributed by atoms with Gasteiger partial charge in [-0.05, 0) is 44.0 Å². The van der Waals surface area contributed by atoms with Gasteiger partial charge >= 0.3 is 0 Å². The average Bonchev–Trinajstić information content (AvgIpc) is 2.65. The lowest BCUT2D eigenvalue weighted by atomic mass is 10.1. The van der Waals surface area contributed by atoms with Crippen molar-refractivity contribution in [3.8, 4) is 0 Å². The van der Waals surface area contributed by atoms with Crippen LogP contribution in [0.25, 0.3) is 11.0 Å². The van der Waals surface area contributed by atoms with Crippen molar-refractivity contribution >= 4 is 16.9 Å². The minimum atomic E-state index is -0.124. The number of benzene rings is 2. The van der Waals surface area contributed by atoms with E-state index in [2.05, 4.69) is 10.3 Å². The summed E-state index contributed by atoms with van der Waals surface area (Å²) in [5.74, 6) is -0.124. The highest BCUT2D eigenvalue weighted by Gasteiger charge is 2.13. The summed E-state index contributed by atoms with van der Waals surface area (Å²) >= 11 is 0. The van der Waals surface area contributed by atoms with Crippen LogP contribution in [0, 0.1) is 6.92 Å². The van der Waals surface area contributed by atoms with Crippen molar-refractivity contribution in [2.75, 3.05) is 0 Å². The fourth-order valence-electron chi connectivity index (χ4n) is 2.85. The monoisotopic (exact) mass is 349 g/mol. The van der Waals surface area contributed by atoms with E-state index in [1.807, 2.05) is 44.2 Å². The van der Waals surface area contributed by atoms with Crippen molar-refractivity contribution in [3.63, 3.8) is 0 Å². The Kier molecular flexibility index (Phi) is 5.16. The number of carbonyl (C=O) groups is 1. The molecule has 1 atom stereocenters. The summed E-state index contributed by atoms with van der Waals surface area (Å²) in [5, 5.41) is 2.96. The first-order valence-electron chi connectivity index (χ1n) is 8.85. The van der Waals surface area contributed by atoms with Gasteiger partial charge in [0.25, 0.3) is 11.5 Å². The van der Waals surface area contributed by atoms with E-state index in [9.17, 15) is 9.59 Å². The Morgan fingerprint density at radius 1 is 1.19 bits per heavy atom. The first-order valence-corrected chi connectivity index (χ1v) is 8.85. The van der Waals surface area contributed by atoms with E-state index >= 15 is 0 Å². The summed E-state index contributed by atoms with van der Waals surface area (Å²) in [6.07, 6.45) is 0.868. The molecule has 1 aromatic heterocycles. The molecule has 0 radical (unpaired) electrons. The quantitative estimate of drug-likeness (QED) is 0.769. The fraction of sp³-hybridized carbons (Fsp3) is 0.286. The molecule has 5 nitrogen and oxygen atoms in total. The first-order chi connectivity index (χ1) is 12.5. The molecule has 134 valence electrons. The van der Waals surface area contributed by atoms with Gasteiger partial charge in [0.2, 0.25) is 0 Å². The van der Waals surface area contributed by atoms with E-state index < -0.39 is 0 Å². The number of hydrogen-bond acceptors (Lipinski definition) is 3. The van der Waals surface area contributed by atoms with Gasteiger partial charge in [-0.25, -0.2) is 4.98 Å². The van der Waals surface area contributed by atoms with Crippen LogP contribution in [-0.4, -0.2) is 21.5 Å². The Balaban J connectivity index is 2.04. The minimum Gasteiger partial charge on any atom is -0.350 e. The average molecular weight is 349 g/mol. The Morgan fingerprint density at radius 2 is 1.92 bits per heavy atom. The molecule has 0 bridgehead atoms. The van der Waals surface area contributed by atoms with Crippen molar-refractivity contribution in [3.05, 3.63) is 75.7 Å². The molecule has 3 rings (SSSR count). The molecule has 1 N–H and O–H groups in total. The molecule has 26 heavy (non-hydrogen) atoms. The van der Waals surface area contributed by atoms with Crippen molar-refractivity contribution in [1.82, 2.24) is 14.9 Å². The summed E-state index contributed by atoms with van der Waals surface area (Å²) in [4.78, 5) is 29.4. The van der Waals surface area contributed by atoms with E-state index in [4.69, 9.17) is 0 Å². The van der Waals surface area contributed by atoms with E-state index in [0.29, 0.717) is 23.3 Å². The van der Waals surface area contributed by atoms with E-state index in [1.165, 1.54) is 0 Å². The number of fused-ring (bicyclic) bond motifs is 1. The Morgan fingerprint density at radius 3 is 2.62 bits per heavy atom. The lowest BCUT2D eigenvalue weighted by molar-refractivity contribution is 0.0939. The molecule has 0 aliphatic heterocycles. The normalized spacial score (nSPS) is 12.1. The van der Waals surface area contributed by atoms with Gasteiger partial charge in [-0.2, -0.15) is 0 Å². The standard InChI is InChI=1S/C21H23N3O2/c1-4-14(2)22-20(25)17-10-11-19-18(12-17)23-15(3)21(26)24(19)13-16-8-6-5-7-9-16/h5-12,14H,4,13H2,1-3H3,(H,22,25). The highest BCUT2D eigenvalue weighted by Crippen LogP contribution is 2.15. The number of hydrogen-bond donors (Lipinski definition) is 1. The second-order valence-corrected chi connectivity index (χ2v) is 6.56. The van der Waals surface area contributed by atoms with Gasteiger partial charge in [-0.15, -0.1) is 0 Å². The number of carbonyl (C=O) groups excluding carboxylic acids is 1. The van der Waals surface area contributed by atoms with Gasteiger partial charge in [-0.3, -0.25) is 9.59 Å². The zero-order valence-electron chi connectivity index (χ0n) is 15.3. The molecule has 0 aliphatic rings. The molecule has 0 fully saturated rings. The Bertz CT molecular complexity index is 993. The highest BCUT2D eigenvalue weighted by molar-refractivity contribution is 5.97. The van der Waals surface area contributed by atoms with Gasteiger partial charge in [0.1, 0.15) is 5.69 Å². The van der Waals surface area contributed by atoms with Gasteiger partial charge in [0.05, 0.1) is 17.6 Å². The number of aryl methyl sites for hydroxylation is 1. The molecule has 0 aliphatic carbocycles. The summed E-state index contributed by atoms with van der Waals surface area (Å²) in [7, 11) is 0. The van der Waals surface area contributed by atoms with Crippen LogP contribution in [-0.2, 0) is 6.54 Å². The van der Waals surface area contributed by atoms with E-state index in [-0.39, 0.29) is 17.5 Å². The van der Waals surface area contributed by atoms with Crippen LogP contribution in [0.1, 0.15) is 41.9 Å². The maximum absolute atomic E-state index is 12.6. The Hall–Kier alpha value is -2.95. The number of nitrogens with zero attached hydrogens (tertiary/aromatic N) is 2. The molecule has 0 saturated carbocycles. The topological polar surface area (TPSA) is 64.0 Å². The predicted octanol–water partition coefficient (Wildman–Crippen LogP) is 3.28. The molecule has 0 spiro atoms. The molecule has 3 aromatic rings. The van der Waals surface area contributed by atoms with Crippen LogP contribution in [0.3, 0.4) is 0 Å². The van der Waals surface area contributed by atoms with Crippen LogP contribution in [0.2, 0.25) is 0 Å². The maximum atomic E-state index is 12.6. The van der Waals surface area contributed by atoms with Crippen molar-refractivity contribution in [2.24, 2.45) is 0 Å². The molecular formula is C21H23N3O2. The SMILES string of the molecule is CCC(C)NC(=O)c1ccc2c(c1)nc(C)c(=O)n2Cc1ccccc1. The molecule has 0 saturated heterocycles. The third-order valence-electron chi connectivity index (χ3n) is 4.54. The minimum absolute atomic E-state index is 0.111. The predicted molar refractivity (Wildman–Crippen MR) is 104 cm³/mol. The zero-order chi connectivity index (χ0) is 18.7. The molecule has 1 amide bonds. The van der Waals surface area contributed by atoms with Crippen LogP contribution in [0.15, 0.2) is 53.3 Å². The van der Waals surface area contributed by atoms with Crippen LogP contribution in [0.4, 0.5) is 0 Å². The number of nitrogens with one attached hydrogen (secondary N) is 1. The lowest BCUT2D eigenvalue weighted by Gasteiger charge is -2.14. The second kappa shape index (κ2) is 7.52. The first kappa shape index (κ1) is 17.9. The van der Waals surface area contributed by atoms with Gasteiger partial charge in [-0.1, -0.05) is 37.3 Å². The molecular weight excluding hydrogens is 326 g/mol.